The largest absolute Gasteiger partial charge is 0.475 e. The number of carbonyl (C=O) groups is 1. The smallest absolute Gasteiger partial charge is 0.426 e. The van der Waals surface area contributed by atoms with Gasteiger partial charge in [-0.15, -0.1) is 0 Å². The second-order valence-corrected chi connectivity index (χ2v) is 8.26. The van der Waals surface area contributed by atoms with Crippen molar-refractivity contribution in [2.45, 2.75) is 62.8 Å². The Kier molecular flexibility index (Phi) is 3.74. The quantitative estimate of drug-likeness (QED) is 0.663. The van der Waals surface area contributed by atoms with Crippen LogP contribution in [-0.4, -0.2) is 52.5 Å². The molecule has 0 aromatic rings. The van der Waals surface area contributed by atoms with E-state index >= 15 is 0 Å². The molecule has 4 bridgehead atoms. The number of rotatable bonds is 4. The summed E-state index contributed by atoms with van der Waals surface area (Å²) in [4.78, 5) is 14.2. The second-order valence-electron chi connectivity index (χ2n) is 8.26. The van der Waals surface area contributed by atoms with E-state index in [0.717, 1.165) is 24.2 Å². The molecule has 3 N–H and O–H groups in total. The maximum atomic E-state index is 12.5. The van der Waals surface area contributed by atoms with Gasteiger partial charge in [-0.25, -0.2) is 0 Å². The summed E-state index contributed by atoms with van der Waals surface area (Å²) in [7, 11) is -1.41. The first-order chi connectivity index (χ1) is 10.5. The van der Waals surface area contributed by atoms with E-state index in [2.05, 4.69) is 5.32 Å². The van der Waals surface area contributed by atoms with Crippen LogP contribution >= 0.6 is 0 Å². The highest BCUT2D eigenvalue weighted by molar-refractivity contribution is 6.43. The van der Waals surface area contributed by atoms with Gasteiger partial charge >= 0.3 is 7.12 Å². The SMILES string of the molecule is O=C(CNC12CC3CC(CC(C3)C1)C2)N1CCC[C@@H]1B(O)O. The van der Waals surface area contributed by atoms with E-state index in [-0.39, 0.29) is 11.4 Å². The molecule has 0 unspecified atom stereocenters. The third-order valence-corrected chi connectivity index (χ3v) is 6.62. The normalized spacial score (nSPS) is 42.9. The van der Waals surface area contributed by atoms with Crippen LogP contribution in [0.1, 0.15) is 51.4 Å². The predicted octanol–water partition coefficient (Wildman–Crippen LogP) is 0.548. The molecule has 22 heavy (non-hydrogen) atoms. The number of likely N-dealkylation sites (tertiary alicyclic amines) is 1. The summed E-state index contributed by atoms with van der Waals surface area (Å²) in [6.45, 7) is 1.01. The summed E-state index contributed by atoms with van der Waals surface area (Å²) in [5.41, 5.74) is 0.192. The van der Waals surface area contributed by atoms with Gasteiger partial charge in [0.25, 0.3) is 0 Å². The number of amides is 1. The average Bonchev–Trinajstić information content (AvgIpc) is 2.93. The van der Waals surface area contributed by atoms with Crippen molar-refractivity contribution in [3.8, 4) is 0 Å². The summed E-state index contributed by atoms with van der Waals surface area (Å²) in [5, 5.41) is 22.4. The molecule has 0 spiro atoms. The van der Waals surface area contributed by atoms with Crippen LogP contribution in [0.2, 0.25) is 0 Å². The van der Waals surface area contributed by atoms with E-state index in [1.54, 1.807) is 4.90 Å². The Morgan fingerprint density at radius 1 is 1.14 bits per heavy atom. The standard InChI is InChI=1S/C16H27BN2O3/c20-15(19-3-1-2-14(19)17(21)22)10-18-16-7-11-4-12(8-16)6-13(5-11)9-16/h11-14,18,21-22H,1-10H2/t11?,12?,13?,14-,16?/m1/s1. The monoisotopic (exact) mass is 306 g/mol. The first kappa shape index (κ1) is 15.0. The van der Waals surface area contributed by atoms with Crippen LogP contribution in [0, 0.1) is 17.8 Å². The molecular formula is C16H27BN2O3. The summed E-state index contributed by atoms with van der Waals surface area (Å²) in [6, 6.07) is 0. The highest BCUT2D eigenvalue weighted by Gasteiger charge is 2.51. The van der Waals surface area contributed by atoms with Gasteiger partial charge in [0.05, 0.1) is 12.5 Å². The Morgan fingerprint density at radius 2 is 1.73 bits per heavy atom. The van der Waals surface area contributed by atoms with Crippen molar-refractivity contribution < 1.29 is 14.8 Å². The van der Waals surface area contributed by atoms with Crippen LogP contribution in [0.3, 0.4) is 0 Å². The zero-order chi connectivity index (χ0) is 15.3. The molecule has 0 aromatic carbocycles. The first-order valence-electron chi connectivity index (χ1n) is 8.95. The van der Waals surface area contributed by atoms with Crippen molar-refractivity contribution in [3.63, 3.8) is 0 Å². The van der Waals surface area contributed by atoms with E-state index < -0.39 is 13.1 Å². The Bertz CT molecular complexity index is 421. The van der Waals surface area contributed by atoms with Gasteiger partial charge in [-0.1, -0.05) is 0 Å². The van der Waals surface area contributed by atoms with E-state index in [1.807, 2.05) is 0 Å². The van der Waals surface area contributed by atoms with Crippen molar-refractivity contribution in [3.05, 3.63) is 0 Å². The lowest BCUT2D eigenvalue weighted by atomic mass is 9.53. The van der Waals surface area contributed by atoms with Crippen LogP contribution in [-0.2, 0) is 4.79 Å². The van der Waals surface area contributed by atoms with Gasteiger partial charge in [0.15, 0.2) is 0 Å². The Balaban J connectivity index is 1.37. The number of hydrogen-bond donors (Lipinski definition) is 3. The molecule has 5 nitrogen and oxygen atoms in total. The Hall–Kier alpha value is -0.585. The third-order valence-electron chi connectivity index (χ3n) is 6.62. The fourth-order valence-electron chi connectivity index (χ4n) is 6.10. The van der Waals surface area contributed by atoms with Crippen LogP contribution in [0.25, 0.3) is 0 Å². The maximum Gasteiger partial charge on any atom is 0.475 e. The Labute approximate surface area is 132 Å². The van der Waals surface area contributed by atoms with Gasteiger partial charge in [-0.2, -0.15) is 0 Å². The summed E-state index contributed by atoms with van der Waals surface area (Å²) < 4.78 is 0. The highest BCUT2D eigenvalue weighted by Crippen LogP contribution is 2.55. The molecule has 1 heterocycles. The average molecular weight is 306 g/mol. The van der Waals surface area contributed by atoms with E-state index in [9.17, 15) is 14.8 Å². The highest BCUT2D eigenvalue weighted by atomic mass is 16.4. The van der Waals surface area contributed by atoms with Gasteiger partial charge < -0.3 is 20.3 Å². The minimum absolute atomic E-state index is 0.0337. The molecule has 1 saturated heterocycles. The van der Waals surface area contributed by atoms with E-state index in [4.69, 9.17) is 0 Å². The van der Waals surface area contributed by atoms with Gasteiger partial charge in [0.2, 0.25) is 5.91 Å². The molecule has 0 radical (unpaired) electrons. The Morgan fingerprint density at radius 3 is 2.27 bits per heavy atom. The second kappa shape index (κ2) is 5.50. The molecule has 1 aliphatic heterocycles. The molecule has 6 heteroatoms. The van der Waals surface area contributed by atoms with Crippen LogP contribution in [0.15, 0.2) is 0 Å². The van der Waals surface area contributed by atoms with Crippen molar-refractivity contribution in [1.29, 1.82) is 0 Å². The van der Waals surface area contributed by atoms with Gasteiger partial charge in [-0.3, -0.25) is 4.79 Å². The minimum atomic E-state index is -1.41. The molecule has 1 atom stereocenters. The molecule has 122 valence electrons. The van der Waals surface area contributed by atoms with Crippen molar-refractivity contribution >= 4 is 13.0 Å². The van der Waals surface area contributed by atoms with Gasteiger partial charge in [0, 0.05) is 12.1 Å². The summed E-state index contributed by atoms with van der Waals surface area (Å²) >= 11 is 0. The fourth-order valence-corrected chi connectivity index (χ4v) is 6.10. The number of nitrogens with zero attached hydrogens (tertiary/aromatic N) is 1. The van der Waals surface area contributed by atoms with Crippen molar-refractivity contribution in [2.75, 3.05) is 13.1 Å². The lowest BCUT2D eigenvalue weighted by Gasteiger charge is -2.57. The number of carbonyl (C=O) groups excluding carboxylic acids is 1. The van der Waals surface area contributed by atoms with E-state index in [1.165, 1.54) is 38.5 Å². The van der Waals surface area contributed by atoms with Gasteiger partial charge in [0.1, 0.15) is 0 Å². The first-order valence-corrected chi connectivity index (χ1v) is 8.95. The number of nitrogens with one attached hydrogen (secondary N) is 1. The molecule has 0 aromatic heterocycles. The third kappa shape index (κ3) is 2.59. The molecule has 5 fully saturated rings. The maximum absolute atomic E-state index is 12.5. The molecule has 4 saturated carbocycles. The molecule has 5 rings (SSSR count). The minimum Gasteiger partial charge on any atom is -0.426 e. The zero-order valence-electron chi connectivity index (χ0n) is 13.2. The molecule has 1 amide bonds. The lowest BCUT2D eigenvalue weighted by molar-refractivity contribution is -0.131. The van der Waals surface area contributed by atoms with Crippen molar-refractivity contribution in [2.24, 2.45) is 17.8 Å². The summed E-state index contributed by atoms with van der Waals surface area (Å²) in [5.74, 6) is 2.23. The molecule has 5 aliphatic rings. The zero-order valence-corrected chi connectivity index (χ0v) is 13.2. The van der Waals surface area contributed by atoms with Gasteiger partial charge in [-0.05, 0) is 69.1 Å². The van der Waals surface area contributed by atoms with Crippen molar-refractivity contribution in [1.82, 2.24) is 10.2 Å². The van der Waals surface area contributed by atoms with E-state index in [0.29, 0.717) is 19.5 Å². The predicted molar refractivity (Wildman–Crippen MR) is 83.8 cm³/mol. The number of hydrogen-bond acceptors (Lipinski definition) is 4. The van der Waals surface area contributed by atoms with Crippen LogP contribution < -0.4 is 5.32 Å². The van der Waals surface area contributed by atoms with Crippen LogP contribution in [0.5, 0.6) is 0 Å². The van der Waals surface area contributed by atoms with Crippen LogP contribution in [0.4, 0.5) is 0 Å². The molecule has 4 aliphatic carbocycles. The summed E-state index contributed by atoms with van der Waals surface area (Å²) in [6.07, 6.45) is 9.47. The topological polar surface area (TPSA) is 72.8 Å². The lowest BCUT2D eigenvalue weighted by Crippen LogP contribution is -2.60. The molecular weight excluding hydrogens is 279 g/mol. The fraction of sp³-hybridized carbons (Fsp3) is 0.938.